The van der Waals surface area contributed by atoms with E-state index in [9.17, 15) is 0 Å². The van der Waals surface area contributed by atoms with E-state index in [2.05, 4.69) is 10.3 Å². The van der Waals surface area contributed by atoms with Gasteiger partial charge >= 0.3 is 0 Å². The third kappa shape index (κ3) is 2.74. The average molecular weight is 203 g/mol. The summed E-state index contributed by atoms with van der Waals surface area (Å²) in [6.07, 6.45) is 4.26. The van der Waals surface area contributed by atoms with Gasteiger partial charge in [0.25, 0.3) is 0 Å². The zero-order valence-electron chi connectivity index (χ0n) is 8.31. The van der Waals surface area contributed by atoms with Gasteiger partial charge in [-0.05, 0) is 24.3 Å². The molecule has 0 amide bonds. The number of anilines is 2. The predicted molar refractivity (Wildman–Crippen MR) is 59.6 cm³/mol. The van der Waals surface area contributed by atoms with E-state index in [-0.39, 0.29) is 0 Å². The van der Waals surface area contributed by atoms with Crippen LogP contribution in [-0.2, 0) is 6.42 Å². The van der Waals surface area contributed by atoms with E-state index in [1.807, 2.05) is 18.2 Å². The van der Waals surface area contributed by atoms with Crippen molar-refractivity contribution in [2.24, 2.45) is 0 Å². The molecule has 0 aliphatic carbocycles. The van der Waals surface area contributed by atoms with Gasteiger partial charge in [0, 0.05) is 13.0 Å². The van der Waals surface area contributed by atoms with Crippen LogP contribution in [0.1, 0.15) is 5.76 Å². The highest BCUT2D eigenvalue weighted by Gasteiger charge is 1.96. The van der Waals surface area contributed by atoms with Gasteiger partial charge in [0.1, 0.15) is 11.6 Å². The molecule has 0 radical (unpaired) electrons. The lowest BCUT2D eigenvalue weighted by Gasteiger charge is -2.04. The topological polar surface area (TPSA) is 64.1 Å². The zero-order chi connectivity index (χ0) is 10.5. The van der Waals surface area contributed by atoms with Gasteiger partial charge in [-0.3, -0.25) is 0 Å². The van der Waals surface area contributed by atoms with Crippen LogP contribution in [0.15, 0.2) is 41.1 Å². The Morgan fingerprint density at radius 2 is 2.27 bits per heavy atom. The molecule has 4 heteroatoms. The molecule has 3 N–H and O–H groups in total. The highest BCUT2D eigenvalue weighted by molar-refractivity contribution is 5.45. The fourth-order valence-electron chi connectivity index (χ4n) is 1.29. The SMILES string of the molecule is Nc1ccc(NCCc2ccco2)cn1. The summed E-state index contributed by atoms with van der Waals surface area (Å²) in [5.74, 6) is 1.51. The first-order valence-corrected chi connectivity index (χ1v) is 4.82. The van der Waals surface area contributed by atoms with Crippen molar-refractivity contribution in [3.8, 4) is 0 Å². The van der Waals surface area contributed by atoms with Gasteiger partial charge in [0.05, 0.1) is 18.1 Å². The van der Waals surface area contributed by atoms with Gasteiger partial charge in [0.2, 0.25) is 0 Å². The molecule has 0 saturated carbocycles. The van der Waals surface area contributed by atoms with Crippen molar-refractivity contribution in [1.82, 2.24) is 4.98 Å². The van der Waals surface area contributed by atoms with Crippen LogP contribution in [-0.4, -0.2) is 11.5 Å². The molecule has 0 saturated heterocycles. The van der Waals surface area contributed by atoms with E-state index >= 15 is 0 Å². The van der Waals surface area contributed by atoms with Gasteiger partial charge in [-0.1, -0.05) is 0 Å². The number of nitrogens with two attached hydrogens (primary N) is 1. The van der Waals surface area contributed by atoms with Crippen molar-refractivity contribution in [3.05, 3.63) is 42.5 Å². The molecule has 78 valence electrons. The molecular formula is C11H13N3O. The lowest BCUT2D eigenvalue weighted by molar-refractivity contribution is 0.513. The molecule has 0 aromatic carbocycles. The van der Waals surface area contributed by atoms with Crippen LogP contribution < -0.4 is 11.1 Å². The Kier molecular flexibility index (Phi) is 2.88. The van der Waals surface area contributed by atoms with E-state index in [0.29, 0.717) is 5.82 Å². The van der Waals surface area contributed by atoms with Crippen LogP contribution >= 0.6 is 0 Å². The lowest BCUT2D eigenvalue weighted by Crippen LogP contribution is -2.04. The summed E-state index contributed by atoms with van der Waals surface area (Å²) in [4.78, 5) is 3.99. The van der Waals surface area contributed by atoms with Crippen molar-refractivity contribution in [2.75, 3.05) is 17.6 Å². The summed E-state index contributed by atoms with van der Waals surface area (Å²) in [6, 6.07) is 7.53. The van der Waals surface area contributed by atoms with Crippen molar-refractivity contribution >= 4 is 11.5 Å². The minimum Gasteiger partial charge on any atom is -0.469 e. The molecule has 4 nitrogen and oxygen atoms in total. The molecule has 0 atom stereocenters. The van der Waals surface area contributed by atoms with Crippen molar-refractivity contribution in [1.29, 1.82) is 0 Å². The van der Waals surface area contributed by atoms with Gasteiger partial charge in [-0.25, -0.2) is 4.98 Å². The van der Waals surface area contributed by atoms with E-state index in [4.69, 9.17) is 10.2 Å². The Balaban J connectivity index is 1.81. The molecule has 0 aliphatic heterocycles. The van der Waals surface area contributed by atoms with Crippen molar-refractivity contribution in [3.63, 3.8) is 0 Å². The summed E-state index contributed by atoms with van der Waals surface area (Å²) in [5.41, 5.74) is 6.45. The molecule has 2 aromatic rings. The summed E-state index contributed by atoms with van der Waals surface area (Å²) in [7, 11) is 0. The van der Waals surface area contributed by atoms with Crippen molar-refractivity contribution in [2.45, 2.75) is 6.42 Å². The number of nitrogens with one attached hydrogen (secondary N) is 1. The summed E-state index contributed by atoms with van der Waals surface area (Å²) in [6.45, 7) is 0.819. The van der Waals surface area contributed by atoms with Crippen LogP contribution in [0.4, 0.5) is 11.5 Å². The molecule has 0 fully saturated rings. The Morgan fingerprint density at radius 1 is 1.33 bits per heavy atom. The third-order valence-corrected chi connectivity index (χ3v) is 2.07. The van der Waals surface area contributed by atoms with Crippen molar-refractivity contribution < 1.29 is 4.42 Å². The molecule has 0 spiro atoms. The van der Waals surface area contributed by atoms with Crippen LogP contribution in [0.25, 0.3) is 0 Å². The second kappa shape index (κ2) is 4.50. The van der Waals surface area contributed by atoms with Gasteiger partial charge in [-0.2, -0.15) is 0 Å². The standard InChI is InChI=1S/C11H13N3O/c12-11-4-3-9(8-14-11)13-6-5-10-2-1-7-15-10/h1-4,7-8,13H,5-6H2,(H2,12,14). The molecule has 2 aromatic heterocycles. The van der Waals surface area contributed by atoms with Crippen LogP contribution in [0.3, 0.4) is 0 Å². The Morgan fingerprint density at radius 3 is 2.93 bits per heavy atom. The fraction of sp³-hybridized carbons (Fsp3) is 0.182. The molecule has 2 heterocycles. The number of nitrogen functional groups attached to an aromatic ring is 1. The largest absolute Gasteiger partial charge is 0.469 e. The van der Waals surface area contributed by atoms with E-state index in [1.165, 1.54) is 0 Å². The maximum absolute atomic E-state index is 5.48. The van der Waals surface area contributed by atoms with Crippen LogP contribution in [0.2, 0.25) is 0 Å². The van der Waals surface area contributed by atoms with E-state index in [1.54, 1.807) is 18.5 Å². The summed E-state index contributed by atoms with van der Waals surface area (Å²) < 4.78 is 5.21. The Labute approximate surface area is 88.1 Å². The molecule has 0 bridgehead atoms. The fourth-order valence-corrected chi connectivity index (χ4v) is 1.29. The molecule has 0 unspecified atom stereocenters. The normalized spacial score (nSPS) is 10.1. The minimum atomic E-state index is 0.534. The second-order valence-corrected chi connectivity index (χ2v) is 3.23. The van der Waals surface area contributed by atoms with Gasteiger partial charge in [0.15, 0.2) is 0 Å². The number of hydrogen-bond donors (Lipinski definition) is 2. The number of pyridine rings is 1. The highest BCUT2D eigenvalue weighted by atomic mass is 16.3. The Hall–Kier alpha value is -1.97. The quantitative estimate of drug-likeness (QED) is 0.796. The average Bonchev–Trinajstić information content (AvgIpc) is 2.74. The van der Waals surface area contributed by atoms with E-state index < -0.39 is 0 Å². The highest BCUT2D eigenvalue weighted by Crippen LogP contribution is 2.07. The molecule has 15 heavy (non-hydrogen) atoms. The molecule has 0 aliphatic rings. The van der Waals surface area contributed by atoms with Gasteiger partial charge in [-0.15, -0.1) is 0 Å². The monoisotopic (exact) mass is 203 g/mol. The molecule has 2 rings (SSSR count). The first kappa shape index (κ1) is 9.58. The number of rotatable bonds is 4. The minimum absolute atomic E-state index is 0.534. The summed E-state index contributed by atoms with van der Waals surface area (Å²) in [5, 5.41) is 3.23. The number of furan rings is 1. The third-order valence-electron chi connectivity index (χ3n) is 2.07. The zero-order valence-corrected chi connectivity index (χ0v) is 8.31. The maximum atomic E-state index is 5.48. The predicted octanol–water partition coefficient (Wildman–Crippen LogP) is 1.91. The lowest BCUT2D eigenvalue weighted by atomic mass is 10.3. The number of hydrogen-bond acceptors (Lipinski definition) is 4. The van der Waals surface area contributed by atoms with Crippen LogP contribution in [0.5, 0.6) is 0 Å². The summed E-state index contributed by atoms with van der Waals surface area (Å²) >= 11 is 0. The first-order chi connectivity index (χ1) is 7.34. The first-order valence-electron chi connectivity index (χ1n) is 4.82. The second-order valence-electron chi connectivity index (χ2n) is 3.23. The van der Waals surface area contributed by atoms with Gasteiger partial charge < -0.3 is 15.5 Å². The Bertz CT molecular complexity index is 394. The van der Waals surface area contributed by atoms with Crippen LogP contribution in [0, 0.1) is 0 Å². The molecular weight excluding hydrogens is 190 g/mol. The number of aromatic nitrogens is 1. The van der Waals surface area contributed by atoms with E-state index in [0.717, 1.165) is 24.4 Å². The number of nitrogens with zero attached hydrogens (tertiary/aromatic N) is 1. The smallest absolute Gasteiger partial charge is 0.123 e. The maximum Gasteiger partial charge on any atom is 0.123 e.